The summed E-state index contributed by atoms with van der Waals surface area (Å²) in [5, 5.41) is 8.08. The van der Waals surface area contributed by atoms with Crippen LogP contribution in [0.3, 0.4) is 0 Å². The fraction of sp³-hybridized carbons (Fsp3) is 0.700. The first-order chi connectivity index (χ1) is 8.03. The van der Waals surface area contributed by atoms with Gasteiger partial charge in [-0.25, -0.2) is 18.5 Å². The molecule has 3 N–H and O–H groups in total. The van der Waals surface area contributed by atoms with E-state index in [1.807, 2.05) is 12.5 Å². The Kier molecular flexibility index (Phi) is 5.60. The topological polar surface area (TPSA) is 90.0 Å². The molecule has 0 saturated carbocycles. The van der Waals surface area contributed by atoms with E-state index in [0.717, 1.165) is 18.7 Å². The van der Waals surface area contributed by atoms with Crippen LogP contribution in [0.15, 0.2) is 12.5 Å². The van der Waals surface area contributed by atoms with Crippen LogP contribution in [0.25, 0.3) is 0 Å². The minimum atomic E-state index is -3.33. The summed E-state index contributed by atoms with van der Waals surface area (Å²) in [4.78, 5) is 4.09. The maximum Gasteiger partial charge on any atom is 0.209 e. The van der Waals surface area contributed by atoms with Gasteiger partial charge in [-0.15, -0.1) is 0 Å². The zero-order valence-electron chi connectivity index (χ0n) is 10.1. The molecule has 6 nitrogen and oxygen atoms in total. The molecule has 0 aliphatic rings. The van der Waals surface area contributed by atoms with Crippen molar-refractivity contribution in [3.63, 3.8) is 0 Å². The molecule has 1 aromatic rings. The maximum atomic E-state index is 10.7. The van der Waals surface area contributed by atoms with Gasteiger partial charge in [0.1, 0.15) is 0 Å². The Labute approximate surface area is 102 Å². The second-order valence-electron chi connectivity index (χ2n) is 3.98. The van der Waals surface area contributed by atoms with Crippen LogP contribution < -0.4 is 10.5 Å². The van der Waals surface area contributed by atoms with Gasteiger partial charge >= 0.3 is 0 Å². The fourth-order valence-corrected chi connectivity index (χ4v) is 2.10. The minimum Gasteiger partial charge on any atom is -0.333 e. The van der Waals surface area contributed by atoms with Crippen molar-refractivity contribution in [3.05, 3.63) is 18.2 Å². The van der Waals surface area contributed by atoms with Crippen LogP contribution >= 0.6 is 0 Å². The van der Waals surface area contributed by atoms with Gasteiger partial charge in [0.25, 0.3) is 0 Å². The molecule has 98 valence electrons. The molecule has 0 amide bonds. The molecule has 0 fully saturated rings. The summed E-state index contributed by atoms with van der Waals surface area (Å²) in [5.41, 5.74) is 1.11. The van der Waals surface area contributed by atoms with Gasteiger partial charge in [-0.2, -0.15) is 0 Å². The van der Waals surface area contributed by atoms with E-state index < -0.39 is 10.0 Å². The van der Waals surface area contributed by atoms with E-state index in [1.54, 1.807) is 0 Å². The lowest BCUT2D eigenvalue weighted by molar-refractivity contribution is 0.582. The van der Waals surface area contributed by atoms with Crippen LogP contribution in [-0.4, -0.2) is 30.3 Å². The Bertz CT molecular complexity index is 427. The number of nitrogens with one attached hydrogen (secondary N) is 1. The number of aryl methyl sites for hydroxylation is 1. The molecule has 17 heavy (non-hydrogen) atoms. The average Bonchev–Trinajstić information content (AvgIpc) is 2.64. The lowest BCUT2D eigenvalue weighted by Crippen LogP contribution is -2.22. The summed E-state index contributed by atoms with van der Waals surface area (Å²) in [7, 11) is -3.33. The van der Waals surface area contributed by atoms with Gasteiger partial charge in [0.2, 0.25) is 10.0 Å². The third kappa shape index (κ3) is 5.81. The molecule has 0 aliphatic heterocycles. The Hall–Kier alpha value is -0.920. The third-order valence-electron chi connectivity index (χ3n) is 2.35. The standard InChI is InChI=1S/C10H20N4O2S/c1-2-5-14-9-13-8-10(14)7-12-4-3-6-17(11,15)16/h8-9,12H,2-7H2,1H3,(H2,11,15,16). The molecule has 1 rings (SSSR count). The van der Waals surface area contributed by atoms with Gasteiger partial charge in [0, 0.05) is 19.3 Å². The fourth-order valence-electron chi connectivity index (χ4n) is 1.55. The normalized spacial score (nSPS) is 11.9. The van der Waals surface area contributed by atoms with Crippen LogP contribution in [0, 0.1) is 0 Å². The molecule has 0 unspecified atom stereocenters. The zero-order chi connectivity index (χ0) is 12.7. The number of aromatic nitrogens is 2. The van der Waals surface area contributed by atoms with Gasteiger partial charge < -0.3 is 9.88 Å². The summed E-state index contributed by atoms with van der Waals surface area (Å²) in [5.74, 6) is 0.0220. The first-order valence-electron chi connectivity index (χ1n) is 5.73. The van der Waals surface area contributed by atoms with Crippen LogP contribution in [0.2, 0.25) is 0 Å². The number of nitrogens with zero attached hydrogens (tertiary/aromatic N) is 2. The van der Waals surface area contributed by atoms with Crippen molar-refractivity contribution < 1.29 is 8.42 Å². The van der Waals surface area contributed by atoms with E-state index in [2.05, 4.69) is 21.8 Å². The van der Waals surface area contributed by atoms with E-state index in [0.29, 0.717) is 19.5 Å². The number of primary sulfonamides is 1. The van der Waals surface area contributed by atoms with Gasteiger partial charge in [0.15, 0.2) is 0 Å². The largest absolute Gasteiger partial charge is 0.333 e. The van der Waals surface area contributed by atoms with Gasteiger partial charge in [-0.1, -0.05) is 6.92 Å². The van der Waals surface area contributed by atoms with E-state index >= 15 is 0 Å². The van der Waals surface area contributed by atoms with Crippen LogP contribution in [0.1, 0.15) is 25.5 Å². The smallest absolute Gasteiger partial charge is 0.209 e. The Morgan fingerprint density at radius 1 is 1.53 bits per heavy atom. The van der Waals surface area contributed by atoms with Gasteiger partial charge in [-0.3, -0.25) is 0 Å². The summed E-state index contributed by atoms with van der Waals surface area (Å²) < 4.78 is 23.5. The van der Waals surface area contributed by atoms with Gasteiger partial charge in [-0.05, 0) is 19.4 Å². The SMILES string of the molecule is CCCn1cncc1CNCCCS(N)(=O)=O. The zero-order valence-corrected chi connectivity index (χ0v) is 10.9. The lowest BCUT2D eigenvalue weighted by atomic mass is 10.4. The number of imidazole rings is 1. The lowest BCUT2D eigenvalue weighted by Gasteiger charge is -2.07. The predicted molar refractivity (Wildman–Crippen MR) is 66.8 cm³/mol. The summed E-state index contributed by atoms with van der Waals surface area (Å²) in [6.45, 7) is 4.40. The number of hydrogen-bond donors (Lipinski definition) is 2. The van der Waals surface area contributed by atoms with Crippen molar-refractivity contribution in [3.8, 4) is 0 Å². The Morgan fingerprint density at radius 3 is 2.94 bits per heavy atom. The minimum absolute atomic E-state index is 0.0220. The molecule has 0 radical (unpaired) electrons. The predicted octanol–water partition coefficient (Wildman–Crippen LogP) is 0.0613. The second-order valence-corrected chi connectivity index (χ2v) is 5.71. The second kappa shape index (κ2) is 6.73. The summed E-state index contributed by atoms with van der Waals surface area (Å²) in [6.07, 6.45) is 5.22. The average molecular weight is 260 g/mol. The molecule has 1 aromatic heterocycles. The monoisotopic (exact) mass is 260 g/mol. The molecule has 0 aliphatic carbocycles. The van der Waals surface area contributed by atoms with Crippen LogP contribution in [0.4, 0.5) is 0 Å². The molecule has 0 aromatic carbocycles. The Balaban J connectivity index is 2.24. The summed E-state index contributed by atoms with van der Waals surface area (Å²) in [6, 6.07) is 0. The first-order valence-corrected chi connectivity index (χ1v) is 7.44. The van der Waals surface area contributed by atoms with Crippen molar-refractivity contribution >= 4 is 10.0 Å². The van der Waals surface area contributed by atoms with E-state index in [1.165, 1.54) is 0 Å². The highest BCUT2D eigenvalue weighted by molar-refractivity contribution is 7.89. The molecular weight excluding hydrogens is 240 g/mol. The number of nitrogens with two attached hydrogens (primary N) is 1. The third-order valence-corrected chi connectivity index (χ3v) is 3.21. The van der Waals surface area contributed by atoms with Crippen molar-refractivity contribution in [2.75, 3.05) is 12.3 Å². The van der Waals surface area contributed by atoms with Crippen LogP contribution in [0.5, 0.6) is 0 Å². The quantitative estimate of drug-likeness (QED) is 0.647. The van der Waals surface area contributed by atoms with Crippen molar-refractivity contribution in [1.29, 1.82) is 0 Å². The molecule has 1 heterocycles. The highest BCUT2D eigenvalue weighted by atomic mass is 32.2. The van der Waals surface area contributed by atoms with E-state index in [-0.39, 0.29) is 5.75 Å². The van der Waals surface area contributed by atoms with E-state index in [4.69, 9.17) is 5.14 Å². The number of sulfonamides is 1. The molecule has 0 bridgehead atoms. The maximum absolute atomic E-state index is 10.7. The number of hydrogen-bond acceptors (Lipinski definition) is 4. The van der Waals surface area contributed by atoms with Crippen molar-refractivity contribution in [2.45, 2.75) is 32.9 Å². The summed E-state index contributed by atoms with van der Waals surface area (Å²) >= 11 is 0. The van der Waals surface area contributed by atoms with Gasteiger partial charge in [0.05, 0.1) is 17.8 Å². The number of rotatable bonds is 8. The molecule has 0 saturated heterocycles. The highest BCUT2D eigenvalue weighted by Crippen LogP contribution is 2.00. The van der Waals surface area contributed by atoms with E-state index in [9.17, 15) is 8.42 Å². The van der Waals surface area contributed by atoms with Crippen molar-refractivity contribution in [1.82, 2.24) is 14.9 Å². The van der Waals surface area contributed by atoms with Crippen LogP contribution in [-0.2, 0) is 23.1 Å². The Morgan fingerprint density at radius 2 is 2.29 bits per heavy atom. The molecule has 0 atom stereocenters. The first kappa shape index (κ1) is 14.1. The molecular formula is C10H20N4O2S. The van der Waals surface area contributed by atoms with Crippen molar-refractivity contribution in [2.24, 2.45) is 5.14 Å². The molecule has 0 spiro atoms. The molecule has 7 heteroatoms. The highest BCUT2D eigenvalue weighted by Gasteiger charge is 2.03.